The quantitative estimate of drug-likeness (QED) is 0.406. The molecule has 0 aromatic rings. The van der Waals surface area contributed by atoms with Gasteiger partial charge in [0.2, 0.25) is 0 Å². The molecule has 0 N–H and O–H groups in total. The van der Waals surface area contributed by atoms with Crippen molar-refractivity contribution in [3.8, 4) is 0 Å². The van der Waals surface area contributed by atoms with Crippen LogP contribution in [0.15, 0.2) is 0 Å². The van der Waals surface area contributed by atoms with Crippen LogP contribution >= 0.6 is 28.7 Å². The number of rotatable bonds is 0. The van der Waals surface area contributed by atoms with Gasteiger partial charge in [-0.3, -0.25) is 0 Å². The predicted molar refractivity (Wildman–Crippen MR) is 85.8 cm³/mol. The molecule has 0 aromatic heterocycles. The molecule has 6 nitrogen and oxygen atoms in total. The first kappa shape index (κ1) is 15.4. The van der Waals surface area contributed by atoms with Crippen LogP contribution in [0, 0.1) is 0 Å². The van der Waals surface area contributed by atoms with Crippen molar-refractivity contribution >= 4 is 58.9 Å². The molecule has 0 saturated carbocycles. The van der Waals surface area contributed by atoms with Crippen LogP contribution in [0.4, 0.5) is 0 Å². The molecular formula is C6H18N6P4Se2. The van der Waals surface area contributed by atoms with E-state index < -0.39 is 11.9 Å². The fourth-order valence-corrected chi connectivity index (χ4v) is 34.3. The van der Waals surface area contributed by atoms with Crippen LogP contribution in [0.5, 0.6) is 0 Å². The SMILES string of the molecule is CN1P2N(C)P3(=[Se])N(C)P1N(C)P(=[Se])(N2C)N3C. The molecule has 4 fully saturated rings. The Hall–Kier alpha value is 2.52. The summed E-state index contributed by atoms with van der Waals surface area (Å²) in [6.07, 6.45) is 0. The van der Waals surface area contributed by atoms with Crippen LogP contribution in [0.2, 0.25) is 0 Å². The van der Waals surface area contributed by atoms with Crippen molar-refractivity contribution in [3.05, 3.63) is 0 Å². The van der Waals surface area contributed by atoms with Gasteiger partial charge in [0.1, 0.15) is 0 Å². The Morgan fingerprint density at radius 3 is 1.22 bits per heavy atom. The second-order valence-corrected chi connectivity index (χ2v) is 22.9. The van der Waals surface area contributed by atoms with Gasteiger partial charge in [-0.1, -0.05) is 0 Å². The molecule has 4 aliphatic heterocycles. The summed E-state index contributed by atoms with van der Waals surface area (Å²) in [4.78, 5) is 0. The van der Waals surface area contributed by atoms with E-state index in [0.29, 0.717) is 0 Å². The van der Waals surface area contributed by atoms with Crippen molar-refractivity contribution in [2.45, 2.75) is 0 Å². The first-order valence-electron chi connectivity index (χ1n) is 5.45. The van der Waals surface area contributed by atoms with Crippen LogP contribution in [0.25, 0.3) is 0 Å². The monoisotopic (exact) mass is 458 g/mol. The topological polar surface area (TPSA) is 19.4 Å². The van der Waals surface area contributed by atoms with E-state index in [1.807, 2.05) is 0 Å². The molecule has 4 saturated heterocycles. The molecule has 0 spiro atoms. The van der Waals surface area contributed by atoms with Gasteiger partial charge in [-0.15, -0.1) is 0 Å². The minimum absolute atomic E-state index is 0.332. The molecule has 0 unspecified atom stereocenters. The van der Waals surface area contributed by atoms with E-state index in [2.05, 4.69) is 99.1 Å². The fourth-order valence-electron chi connectivity index (χ4n) is 2.89. The average Bonchev–Trinajstić information content (AvgIpc) is 2.31. The van der Waals surface area contributed by atoms with E-state index in [4.69, 9.17) is 0 Å². The van der Waals surface area contributed by atoms with Gasteiger partial charge in [0.15, 0.2) is 0 Å². The van der Waals surface area contributed by atoms with E-state index in [1.54, 1.807) is 0 Å². The van der Waals surface area contributed by atoms with E-state index >= 15 is 0 Å². The van der Waals surface area contributed by atoms with Gasteiger partial charge in [-0.05, 0) is 0 Å². The number of hydrogen-bond acceptors (Lipinski definition) is 6. The van der Waals surface area contributed by atoms with Crippen LogP contribution in [0.3, 0.4) is 0 Å². The molecular weight excluding hydrogens is 438 g/mol. The normalized spacial score (nSPS) is 52.6. The molecule has 0 aliphatic carbocycles. The summed E-state index contributed by atoms with van der Waals surface area (Å²) < 4.78 is 15.5. The van der Waals surface area contributed by atoms with Crippen molar-refractivity contribution in [2.75, 3.05) is 42.3 Å². The standard InChI is InChI=1S/C6H18N6P4Se2/c1-7-13-8(2)15(17)10(4)14(7)11(5)16(18,9(13)3)12(15)6/h1-6H3. The third-order valence-electron chi connectivity index (χ3n) is 3.82. The minimum atomic E-state index is -1.44. The average molecular weight is 456 g/mol. The van der Waals surface area contributed by atoms with Crippen molar-refractivity contribution < 1.29 is 0 Å². The summed E-state index contributed by atoms with van der Waals surface area (Å²) >= 11 is 7.14. The zero-order valence-electron chi connectivity index (χ0n) is 11.3. The van der Waals surface area contributed by atoms with E-state index in [-0.39, 0.29) is 16.7 Å². The Balaban J connectivity index is 2.28. The Labute approximate surface area is 127 Å². The first-order chi connectivity index (χ1) is 8.20. The van der Waals surface area contributed by atoms with Crippen molar-refractivity contribution in [1.82, 2.24) is 26.6 Å². The summed E-state index contributed by atoms with van der Waals surface area (Å²) in [7, 11) is 13.0. The van der Waals surface area contributed by atoms with Crippen LogP contribution in [-0.4, -0.2) is 99.1 Å². The molecule has 104 valence electrons. The Morgan fingerprint density at radius 2 is 0.944 bits per heavy atom. The number of nitrogens with zero attached hydrogens (tertiary/aromatic N) is 6. The molecule has 4 heterocycles. The Morgan fingerprint density at radius 1 is 0.667 bits per heavy atom. The molecule has 12 heteroatoms. The zero-order valence-corrected chi connectivity index (χ0v) is 18.3. The van der Waals surface area contributed by atoms with E-state index in [0.717, 1.165) is 0 Å². The fraction of sp³-hybridized carbons (Fsp3) is 1.00. The molecule has 0 atom stereocenters. The van der Waals surface area contributed by atoms with E-state index in [9.17, 15) is 0 Å². The molecule has 4 aliphatic rings. The van der Waals surface area contributed by atoms with E-state index in [1.165, 1.54) is 0 Å². The van der Waals surface area contributed by atoms with Crippen molar-refractivity contribution in [2.24, 2.45) is 0 Å². The van der Waals surface area contributed by atoms with Gasteiger partial charge < -0.3 is 0 Å². The van der Waals surface area contributed by atoms with Crippen LogP contribution < -0.4 is 0 Å². The summed E-state index contributed by atoms with van der Waals surface area (Å²) in [5.41, 5.74) is 0. The van der Waals surface area contributed by atoms with Gasteiger partial charge in [0, 0.05) is 0 Å². The molecule has 18 heavy (non-hydrogen) atoms. The van der Waals surface area contributed by atoms with Crippen LogP contribution in [0.1, 0.15) is 0 Å². The van der Waals surface area contributed by atoms with Gasteiger partial charge in [0.05, 0.1) is 0 Å². The summed E-state index contributed by atoms with van der Waals surface area (Å²) in [6, 6.07) is 0. The van der Waals surface area contributed by atoms with Crippen molar-refractivity contribution in [3.63, 3.8) is 0 Å². The molecule has 4 rings (SSSR count). The van der Waals surface area contributed by atoms with Gasteiger partial charge in [-0.25, -0.2) is 0 Å². The first-order valence-corrected chi connectivity index (χ1v) is 15.6. The Bertz CT molecular complexity index is 432. The molecule has 0 amide bonds. The second-order valence-electron chi connectivity index (χ2n) is 4.50. The summed E-state index contributed by atoms with van der Waals surface area (Å²) in [5.74, 6) is -2.89. The zero-order chi connectivity index (χ0) is 13.6. The number of hydrogen-bond donors (Lipinski definition) is 0. The van der Waals surface area contributed by atoms with Gasteiger partial charge in [-0.2, -0.15) is 0 Å². The maximum absolute atomic E-state index is 3.57. The van der Waals surface area contributed by atoms with Crippen LogP contribution in [-0.2, 0) is 0 Å². The molecule has 0 aromatic carbocycles. The second kappa shape index (κ2) is 4.51. The predicted octanol–water partition coefficient (Wildman–Crippen LogP) is 1.76. The third kappa shape index (κ3) is 1.45. The maximum atomic E-state index is 3.57. The summed E-state index contributed by atoms with van der Waals surface area (Å²) in [6.45, 7) is 0. The van der Waals surface area contributed by atoms with Crippen molar-refractivity contribution in [1.29, 1.82) is 0 Å². The Kier molecular flexibility index (Phi) is 3.86. The molecule has 4 bridgehead atoms. The summed E-state index contributed by atoms with van der Waals surface area (Å²) in [5, 5.41) is 0. The third-order valence-corrected chi connectivity index (χ3v) is 33.0. The van der Waals surface area contributed by atoms with Gasteiger partial charge >= 0.3 is 128 Å². The molecule has 0 radical (unpaired) electrons. The van der Waals surface area contributed by atoms with Gasteiger partial charge in [0.25, 0.3) is 0 Å².